The van der Waals surface area contributed by atoms with Crippen LogP contribution in [0, 0.1) is 13.8 Å². The van der Waals surface area contributed by atoms with E-state index in [0.29, 0.717) is 29.9 Å². The summed E-state index contributed by atoms with van der Waals surface area (Å²) in [5, 5.41) is 9.37. The lowest BCUT2D eigenvalue weighted by Gasteiger charge is -2.24. The Kier molecular flexibility index (Phi) is 6.99. The number of aryl methyl sites for hydroxylation is 2. The molecule has 1 aromatic rings. The molecule has 1 saturated heterocycles. The molecule has 1 heterocycles. The number of hydrogen-bond acceptors (Lipinski definition) is 6. The van der Waals surface area contributed by atoms with E-state index in [2.05, 4.69) is 4.72 Å². The summed E-state index contributed by atoms with van der Waals surface area (Å²) in [6.07, 6.45) is 2.03. The summed E-state index contributed by atoms with van der Waals surface area (Å²) in [4.78, 5) is 11.5. The molecule has 0 spiro atoms. The first-order valence-electron chi connectivity index (χ1n) is 8.38. The molecule has 0 aliphatic carbocycles. The van der Waals surface area contributed by atoms with Gasteiger partial charge in [-0.15, -0.1) is 0 Å². The summed E-state index contributed by atoms with van der Waals surface area (Å²) in [6, 6.07) is 1.76. The van der Waals surface area contributed by atoms with Gasteiger partial charge in [0.15, 0.2) is 6.29 Å². The minimum absolute atomic E-state index is 0.0402. The van der Waals surface area contributed by atoms with Crippen LogP contribution in [0.2, 0.25) is 0 Å². The Balaban J connectivity index is 2.15. The molecule has 1 aromatic carbocycles. The zero-order valence-corrected chi connectivity index (χ0v) is 16.0. The summed E-state index contributed by atoms with van der Waals surface area (Å²) < 4.78 is 43.6. The largest absolute Gasteiger partial charge is 0.497 e. The molecule has 9 heteroatoms. The Labute approximate surface area is 153 Å². The summed E-state index contributed by atoms with van der Waals surface area (Å²) in [6.45, 7) is 3.50. The number of carboxylic acids is 1. The van der Waals surface area contributed by atoms with Crippen molar-refractivity contribution in [1.82, 2.24) is 4.72 Å². The lowest BCUT2D eigenvalue weighted by Crippen LogP contribution is -2.45. The van der Waals surface area contributed by atoms with Crippen molar-refractivity contribution < 1.29 is 32.5 Å². The van der Waals surface area contributed by atoms with Crippen molar-refractivity contribution in [3.63, 3.8) is 0 Å². The van der Waals surface area contributed by atoms with Gasteiger partial charge in [-0.2, -0.15) is 4.72 Å². The Morgan fingerprint density at radius 1 is 1.35 bits per heavy atom. The van der Waals surface area contributed by atoms with Crippen LogP contribution in [0.15, 0.2) is 17.0 Å². The molecule has 2 rings (SSSR count). The zero-order valence-electron chi connectivity index (χ0n) is 15.1. The van der Waals surface area contributed by atoms with Gasteiger partial charge in [0, 0.05) is 6.61 Å². The van der Waals surface area contributed by atoms with Gasteiger partial charge in [0.1, 0.15) is 11.8 Å². The van der Waals surface area contributed by atoms with Crippen molar-refractivity contribution in [1.29, 1.82) is 0 Å². The second kappa shape index (κ2) is 8.81. The predicted molar refractivity (Wildman–Crippen MR) is 93.8 cm³/mol. The highest BCUT2D eigenvalue weighted by atomic mass is 32.2. The maximum Gasteiger partial charge on any atom is 0.324 e. The van der Waals surface area contributed by atoms with Crippen LogP contribution >= 0.6 is 0 Å². The van der Waals surface area contributed by atoms with Gasteiger partial charge in [0.2, 0.25) is 10.0 Å². The number of ether oxygens (including phenoxy) is 3. The molecule has 0 bridgehead atoms. The fourth-order valence-corrected chi connectivity index (χ4v) is 4.53. The Morgan fingerprint density at radius 3 is 2.50 bits per heavy atom. The third kappa shape index (κ3) is 5.16. The van der Waals surface area contributed by atoms with Crippen molar-refractivity contribution in [3.05, 3.63) is 23.3 Å². The highest BCUT2D eigenvalue weighted by Gasteiger charge is 2.29. The normalized spacial score (nSPS) is 19.1. The molecule has 26 heavy (non-hydrogen) atoms. The molecule has 2 N–H and O–H groups in total. The maximum atomic E-state index is 12.7. The molecule has 0 amide bonds. The topological polar surface area (TPSA) is 111 Å². The van der Waals surface area contributed by atoms with Gasteiger partial charge in [-0.1, -0.05) is 0 Å². The third-order valence-corrected chi connectivity index (χ3v) is 5.90. The average Bonchev–Trinajstić information content (AvgIpc) is 2.58. The van der Waals surface area contributed by atoms with Gasteiger partial charge in [-0.3, -0.25) is 4.79 Å². The first-order valence-corrected chi connectivity index (χ1v) is 9.86. The van der Waals surface area contributed by atoms with Gasteiger partial charge in [-0.05, 0) is 56.4 Å². The van der Waals surface area contributed by atoms with E-state index in [0.717, 1.165) is 12.8 Å². The van der Waals surface area contributed by atoms with E-state index in [1.165, 1.54) is 7.11 Å². The van der Waals surface area contributed by atoms with Crippen LogP contribution in [-0.4, -0.2) is 52.1 Å². The van der Waals surface area contributed by atoms with Gasteiger partial charge < -0.3 is 19.3 Å². The number of benzene rings is 1. The summed E-state index contributed by atoms with van der Waals surface area (Å²) in [5.41, 5.74) is 0.935. The van der Waals surface area contributed by atoms with Gasteiger partial charge >= 0.3 is 5.97 Å². The monoisotopic (exact) mass is 387 g/mol. The van der Waals surface area contributed by atoms with Crippen LogP contribution in [0.25, 0.3) is 0 Å². The molecule has 1 aliphatic heterocycles. The van der Waals surface area contributed by atoms with Crippen LogP contribution in [-0.2, 0) is 24.3 Å². The van der Waals surface area contributed by atoms with E-state index in [9.17, 15) is 18.3 Å². The standard InChI is InChI=1S/C17H25NO7S/c1-11-8-13(23-3)9-12(2)16(11)26(21,22)18-14(17(19)20)10-25-15-6-4-5-7-24-15/h8-9,14-15,18H,4-7,10H2,1-3H3,(H,19,20)/t14-,15?/m1/s1. The number of sulfonamides is 1. The average molecular weight is 387 g/mol. The van der Waals surface area contributed by atoms with Crippen LogP contribution < -0.4 is 9.46 Å². The quantitative estimate of drug-likeness (QED) is 0.697. The number of hydrogen-bond donors (Lipinski definition) is 2. The second-order valence-electron chi connectivity index (χ2n) is 6.23. The summed E-state index contributed by atoms with van der Waals surface area (Å²) >= 11 is 0. The van der Waals surface area contributed by atoms with Crippen LogP contribution in [0.3, 0.4) is 0 Å². The Hall–Kier alpha value is -1.68. The number of nitrogens with one attached hydrogen (secondary N) is 1. The smallest absolute Gasteiger partial charge is 0.324 e. The summed E-state index contributed by atoms with van der Waals surface area (Å²) in [5.74, 6) is -0.778. The van der Waals surface area contributed by atoms with E-state index in [4.69, 9.17) is 14.2 Å². The van der Waals surface area contributed by atoms with Crippen molar-refractivity contribution in [2.45, 2.75) is 50.3 Å². The van der Waals surface area contributed by atoms with E-state index in [-0.39, 0.29) is 11.5 Å². The summed E-state index contributed by atoms with van der Waals surface area (Å²) in [7, 11) is -2.56. The molecule has 0 radical (unpaired) electrons. The number of carbonyl (C=O) groups is 1. The van der Waals surface area contributed by atoms with E-state index < -0.39 is 28.3 Å². The van der Waals surface area contributed by atoms with E-state index in [1.54, 1.807) is 26.0 Å². The van der Waals surface area contributed by atoms with Gasteiger partial charge in [0.05, 0.1) is 18.6 Å². The molecule has 8 nitrogen and oxygen atoms in total. The van der Waals surface area contributed by atoms with Crippen LogP contribution in [0.5, 0.6) is 5.75 Å². The van der Waals surface area contributed by atoms with Crippen molar-refractivity contribution in [3.8, 4) is 5.75 Å². The first kappa shape index (κ1) is 20.6. The van der Waals surface area contributed by atoms with E-state index in [1.807, 2.05) is 0 Å². The molecular formula is C17H25NO7S. The molecule has 146 valence electrons. The fraction of sp³-hybridized carbons (Fsp3) is 0.588. The molecule has 1 fully saturated rings. The second-order valence-corrected chi connectivity index (χ2v) is 7.88. The molecule has 0 aromatic heterocycles. The number of carboxylic acid groups (broad SMARTS) is 1. The predicted octanol–water partition coefficient (Wildman–Crippen LogP) is 1.59. The number of rotatable bonds is 8. The van der Waals surface area contributed by atoms with Gasteiger partial charge in [-0.25, -0.2) is 8.42 Å². The molecule has 1 aliphatic rings. The Bertz CT molecular complexity index is 718. The molecule has 2 atom stereocenters. The minimum Gasteiger partial charge on any atom is -0.497 e. The SMILES string of the molecule is COc1cc(C)c(S(=O)(=O)N[C@H](COC2CCCCO2)C(=O)O)c(C)c1. The lowest BCUT2D eigenvalue weighted by atomic mass is 10.1. The highest BCUT2D eigenvalue weighted by molar-refractivity contribution is 7.89. The Morgan fingerprint density at radius 2 is 2.00 bits per heavy atom. The molecule has 1 unspecified atom stereocenters. The lowest BCUT2D eigenvalue weighted by molar-refractivity contribution is -0.170. The maximum absolute atomic E-state index is 12.7. The highest BCUT2D eigenvalue weighted by Crippen LogP contribution is 2.26. The number of methoxy groups -OCH3 is 1. The fourth-order valence-electron chi connectivity index (χ4n) is 2.90. The van der Waals surface area contributed by atoms with E-state index >= 15 is 0 Å². The van der Waals surface area contributed by atoms with Crippen LogP contribution in [0.4, 0.5) is 0 Å². The minimum atomic E-state index is -4.05. The van der Waals surface area contributed by atoms with Crippen molar-refractivity contribution in [2.24, 2.45) is 0 Å². The van der Waals surface area contributed by atoms with Crippen molar-refractivity contribution in [2.75, 3.05) is 20.3 Å². The molecular weight excluding hydrogens is 362 g/mol. The zero-order chi connectivity index (χ0) is 19.3. The molecule has 0 saturated carbocycles. The third-order valence-electron chi connectivity index (χ3n) is 4.12. The van der Waals surface area contributed by atoms with Crippen molar-refractivity contribution >= 4 is 16.0 Å². The number of aliphatic carboxylic acids is 1. The van der Waals surface area contributed by atoms with Gasteiger partial charge in [0.25, 0.3) is 0 Å². The van der Waals surface area contributed by atoms with Crippen LogP contribution in [0.1, 0.15) is 30.4 Å². The first-order chi connectivity index (χ1) is 12.2.